The third kappa shape index (κ3) is 3.12. The lowest BCUT2D eigenvalue weighted by Gasteiger charge is -2.44. The van der Waals surface area contributed by atoms with Crippen molar-refractivity contribution in [1.82, 2.24) is 20.0 Å². The van der Waals surface area contributed by atoms with Gasteiger partial charge < -0.3 is 5.32 Å². The molecule has 0 amide bonds. The molecule has 1 aliphatic heterocycles. The molecule has 1 aliphatic rings. The summed E-state index contributed by atoms with van der Waals surface area (Å²) in [6, 6.07) is 2.79. The van der Waals surface area contributed by atoms with Crippen LogP contribution in [0.4, 0.5) is 0 Å². The van der Waals surface area contributed by atoms with Crippen LogP contribution in [0.2, 0.25) is 0 Å². The molecule has 2 heterocycles. The first-order valence-corrected chi connectivity index (χ1v) is 6.98. The summed E-state index contributed by atoms with van der Waals surface area (Å²) < 4.78 is 1.98. The van der Waals surface area contributed by atoms with Crippen LogP contribution >= 0.6 is 0 Å². The summed E-state index contributed by atoms with van der Waals surface area (Å²) >= 11 is 0. The molecule has 1 saturated heterocycles. The van der Waals surface area contributed by atoms with Crippen molar-refractivity contribution in [2.24, 2.45) is 7.05 Å². The molecule has 4 nitrogen and oxygen atoms in total. The van der Waals surface area contributed by atoms with E-state index in [0.717, 1.165) is 26.1 Å². The summed E-state index contributed by atoms with van der Waals surface area (Å²) in [6.07, 6.45) is 4.19. The topological polar surface area (TPSA) is 33.1 Å². The van der Waals surface area contributed by atoms with Gasteiger partial charge in [-0.15, -0.1) is 0 Å². The highest BCUT2D eigenvalue weighted by molar-refractivity contribution is 5.01. The second-order valence-electron chi connectivity index (χ2n) is 5.99. The maximum atomic E-state index is 4.23. The Kier molecular flexibility index (Phi) is 4.07. The molecule has 2 rings (SSSR count). The van der Waals surface area contributed by atoms with E-state index in [9.17, 15) is 0 Å². The van der Waals surface area contributed by atoms with E-state index in [-0.39, 0.29) is 5.54 Å². The summed E-state index contributed by atoms with van der Waals surface area (Å²) in [6.45, 7) is 10.2. The lowest BCUT2D eigenvalue weighted by atomic mass is 9.97. The van der Waals surface area contributed by atoms with Gasteiger partial charge in [-0.25, -0.2) is 0 Å². The molecular formula is C14H26N4. The van der Waals surface area contributed by atoms with E-state index < -0.39 is 0 Å². The minimum Gasteiger partial charge on any atom is -0.309 e. The molecule has 0 aromatic carbocycles. The van der Waals surface area contributed by atoms with Crippen LogP contribution in [0.1, 0.15) is 32.9 Å². The molecule has 102 valence electrons. The number of nitrogens with one attached hydrogen (secondary N) is 1. The molecule has 1 fully saturated rings. The Labute approximate surface area is 110 Å². The summed E-state index contributed by atoms with van der Waals surface area (Å²) in [5, 5.41) is 7.87. The third-order valence-electron chi connectivity index (χ3n) is 3.98. The van der Waals surface area contributed by atoms with Gasteiger partial charge in [-0.1, -0.05) is 6.92 Å². The van der Waals surface area contributed by atoms with Crippen molar-refractivity contribution in [3.05, 3.63) is 18.0 Å². The minimum absolute atomic E-state index is 0.234. The van der Waals surface area contributed by atoms with Crippen LogP contribution in [0.3, 0.4) is 0 Å². The van der Waals surface area contributed by atoms with Crippen LogP contribution in [0.25, 0.3) is 0 Å². The zero-order valence-corrected chi connectivity index (χ0v) is 12.1. The Morgan fingerprint density at radius 1 is 1.50 bits per heavy atom. The lowest BCUT2D eigenvalue weighted by molar-refractivity contribution is 0.0935. The summed E-state index contributed by atoms with van der Waals surface area (Å²) in [4.78, 5) is 2.63. The van der Waals surface area contributed by atoms with Gasteiger partial charge in [-0.3, -0.25) is 9.58 Å². The molecule has 0 aliphatic carbocycles. The fourth-order valence-electron chi connectivity index (χ4n) is 2.78. The number of aryl methyl sites for hydroxylation is 1. The number of hydrogen-bond donors (Lipinski definition) is 1. The van der Waals surface area contributed by atoms with E-state index in [4.69, 9.17) is 0 Å². The van der Waals surface area contributed by atoms with Crippen LogP contribution < -0.4 is 5.32 Å². The molecule has 0 saturated carbocycles. The van der Waals surface area contributed by atoms with Gasteiger partial charge >= 0.3 is 0 Å². The monoisotopic (exact) mass is 250 g/mol. The second-order valence-corrected chi connectivity index (χ2v) is 5.99. The quantitative estimate of drug-likeness (QED) is 0.877. The van der Waals surface area contributed by atoms with E-state index in [1.165, 1.54) is 12.1 Å². The average Bonchev–Trinajstić information content (AvgIpc) is 2.71. The Bertz CT molecular complexity index is 383. The van der Waals surface area contributed by atoms with Gasteiger partial charge in [0.15, 0.2) is 0 Å². The predicted molar refractivity (Wildman–Crippen MR) is 74.6 cm³/mol. The maximum absolute atomic E-state index is 4.23. The van der Waals surface area contributed by atoms with E-state index >= 15 is 0 Å². The highest BCUT2D eigenvalue weighted by Crippen LogP contribution is 2.17. The van der Waals surface area contributed by atoms with Gasteiger partial charge in [0.1, 0.15) is 0 Å². The normalized spacial score (nSPS) is 24.3. The molecule has 1 N–H and O–H groups in total. The van der Waals surface area contributed by atoms with Crippen molar-refractivity contribution in [3.8, 4) is 0 Å². The molecule has 4 heteroatoms. The molecule has 1 aromatic rings. The zero-order chi connectivity index (χ0) is 13.2. The maximum Gasteiger partial charge on any atom is 0.0492 e. The molecule has 0 radical (unpaired) electrons. The summed E-state index contributed by atoms with van der Waals surface area (Å²) in [7, 11) is 2.02. The SMILES string of the molecule is CCC1CNC(C)(C)CN1CCc1ccnn1C. The van der Waals surface area contributed by atoms with E-state index in [2.05, 4.69) is 42.2 Å². The minimum atomic E-state index is 0.234. The van der Waals surface area contributed by atoms with Crippen LogP contribution in [-0.2, 0) is 13.5 Å². The fraction of sp³-hybridized carbons (Fsp3) is 0.786. The third-order valence-corrected chi connectivity index (χ3v) is 3.98. The van der Waals surface area contributed by atoms with Gasteiger partial charge in [-0.05, 0) is 26.3 Å². The molecule has 1 atom stereocenters. The first kappa shape index (κ1) is 13.6. The van der Waals surface area contributed by atoms with E-state index in [1.54, 1.807) is 0 Å². The van der Waals surface area contributed by atoms with E-state index in [0.29, 0.717) is 6.04 Å². The molecule has 1 aromatic heterocycles. The number of hydrogen-bond acceptors (Lipinski definition) is 3. The van der Waals surface area contributed by atoms with Gasteiger partial charge in [0.2, 0.25) is 0 Å². The Morgan fingerprint density at radius 3 is 2.89 bits per heavy atom. The lowest BCUT2D eigenvalue weighted by Crippen LogP contribution is -2.61. The van der Waals surface area contributed by atoms with E-state index in [1.807, 2.05) is 17.9 Å². The van der Waals surface area contributed by atoms with Gasteiger partial charge in [0.25, 0.3) is 0 Å². The molecule has 18 heavy (non-hydrogen) atoms. The van der Waals surface area contributed by atoms with Crippen molar-refractivity contribution in [3.63, 3.8) is 0 Å². The summed E-state index contributed by atoms with van der Waals surface area (Å²) in [5.74, 6) is 0. The number of rotatable bonds is 4. The van der Waals surface area contributed by atoms with Gasteiger partial charge in [0.05, 0.1) is 0 Å². The standard InChI is InChI=1S/C14H26N4/c1-5-12-10-15-14(2,3)11-18(12)9-7-13-6-8-16-17(13)4/h6,8,12,15H,5,7,9-11H2,1-4H3. The Morgan fingerprint density at radius 2 is 2.28 bits per heavy atom. The predicted octanol–water partition coefficient (Wildman–Crippen LogP) is 1.42. The largest absolute Gasteiger partial charge is 0.309 e. The molecule has 0 bridgehead atoms. The highest BCUT2D eigenvalue weighted by Gasteiger charge is 2.31. The summed E-state index contributed by atoms with van der Waals surface area (Å²) in [5.41, 5.74) is 1.55. The van der Waals surface area contributed by atoms with Crippen LogP contribution in [0, 0.1) is 0 Å². The number of piperazine rings is 1. The average molecular weight is 250 g/mol. The first-order chi connectivity index (χ1) is 8.52. The number of aromatic nitrogens is 2. The highest BCUT2D eigenvalue weighted by atomic mass is 15.3. The van der Waals surface area contributed by atoms with Crippen LogP contribution in [-0.4, -0.2) is 45.9 Å². The van der Waals surface area contributed by atoms with Crippen molar-refractivity contribution >= 4 is 0 Å². The number of nitrogens with zero attached hydrogens (tertiary/aromatic N) is 3. The Hall–Kier alpha value is -0.870. The fourth-order valence-corrected chi connectivity index (χ4v) is 2.78. The van der Waals surface area contributed by atoms with Crippen molar-refractivity contribution in [2.75, 3.05) is 19.6 Å². The van der Waals surface area contributed by atoms with Crippen molar-refractivity contribution < 1.29 is 0 Å². The van der Waals surface area contributed by atoms with Crippen molar-refractivity contribution in [1.29, 1.82) is 0 Å². The van der Waals surface area contributed by atoms with Crippen LogP contribution in [0.15, 0.2) is 12.3 Å². The second kappa shape index (κ2) is 5.41. The first-order valence-electron chi connectivity index (χ1n) is 6.98. The molecule has 1 unspecified atom stereocenters. The van der Waals surface area contributed by atoms with Crippen LogP contribution in [0.5, 0.6) is 0 Å². The van der Waals surface area contributed by atoms with Crippen molar-refractivity contribution in [2.45, 2.75) is 45.2 Å². The Balaban J connectivity index is 1.95. The molecular weight excluding hydrogens is 224 g/mol. The zero-order valence-electron chi connectivity index (χ0n) is 12.1. The van der Waals surface area contributed by atoms with Gasteiger partial charge in [0, 0.05) is 56.6 Å². The van der Waals surface area contributed by atoms with Gasteiger partial charge in [-0.2, -0.15) is 5.10 Å². The molecule has 0 spiro atoms. The smallest absolute Gasteiger partial charge is 0.0492 e.